The van der Waals surface area contributed by atoms with Crippen molar-refractivity contribution in [1.82, 2.24) is 5.32 Å². The summed E-state index contributed by atoms with van der Waals surface area (Å²) in [5.41, 5.74) is 0. The molecule has 9 heteroatoms. The quantitative estimate of drug-likeness (QED) is 0.0243. The van der Waals surface area contributed by atoms with E-state index in [-0.39, 0.29) is 19.1 Å². The Labute approximate surface area is 434 Å². The van der Waals surface area contributed by atoms with Gasteiger partial charge in [0.25, 0.3) is 0 Å². The molecule has 0 aromatic heterocycles. The molecule has 410 valence electrons. The lowest BCUT2D eigenvalue weighted by Gasteiger charge is -2.25. The van der Waals surface area contributed by atoms with E-state index in [1.54, 1.807) is 6.08 Å². The van der Waals surface area contributed by atoms with E-state index in [9.17, 15) is 19.4 Å². The number of allylic oxidation sites excluding steroid dienone is 9. The zero-order chi connectivity index (χ0) is 51.3. The Kier molecular flexibility index (Phi) is 50.7. The smallest absolute Gasteiger partial charge is 0.387 e. The molecule has 3 atom stereocenters. The van der Waals surface area contributed by atoms with Gasteiger partial charge in [0.05, 0.1) is 39.9 Å². The van der Waals surface area contributed by atoms with Crippen LogP contribution >= 0.6 is 7.82 Å². The maximum absolute atomic E-state index is 13.0. The number of hydrogen-bond acceptors (Lipinski definition) is 5. The SMILES string of the molecule is CCCCCCC/C=C\C/C=C\CCCCCCCCCCCCCCCCCCCCCC(=O)NC(COP(=O)(O)OCC[N+](C)(C)C)C(O)/C=C/CC/C=C/CC/C=C/CCCCCCCCC. The molecule has 0 fully saturated rings. The van der Waals surface area contributed by atoms with Crippen molar-refractivity contribution in [3.8, 4) is 0 Å². The number of nitrogens with one attached hydrogen (secondary N) is 1. The van der Waals surface area contributed by atoms with Gasteiger partial charge in [-0.05, 0) is 77.0 Å². The Balaban J connectivity index is 4.13. The maximum Gasteiger partial charge on any atom is 0.472 e. The molecule has 0 saturated heterocycles. The van der Waals surface area contributed by atoms with Gasteiger partial charge in [-0.3, -0.25) is 13.8 Å². The molecule has 0 bridgehead atoms. The molecular weight excluding hydrogens is 888 g/mol. The van der Waals surface area contributed by atoms with Crippen molar-refractivity contribution in [3.63, 3.8) is 0 Å². The normalized spacial score (nSPS) is 14.3. The number of aliphatic hydroxyl groups excluding tert-OH is 1. The van der Waals surface area contributed by atoms with Crippen LogP contribution in [0, 0.1) is 0 Å². The highest BCUT2D eigenvalue weighted by atomic mass is 31.2. The van der Waals surface area contributed by atoms with Gasteiger partial charge in [0, 0.05) is 6.42 Å². The summed E-state index contributed by atoms with van der Waals surface area (Å²) in [6, 6.07) is -0.870. The standard InChI is InChI=1S/C61H115N2O6P/c1-6-8-10-12-14-16-18-20-22-24-25-26-27-28-29-30-31-32-33-34-35-36-37-39-41-43-45-47-49-51-53-55-61(65)62-59(58-69-70(66,67)68-57-56-63(3,4)5)60(64)54-52-50-48-46-44-42-40-38-23-21-19-17-15-13-11-9-7-2/h18,20,23-25,38,44,46,52,54,59-60,64H,6-17,19,21-22,26-37,39-43,45,47-51,53,55-58H2,1-5H3,(H-,62,65,66,67)/p+1/b20-18-,25-24-,38-23+,46-44+,54-52+. The largest absolute Gasteiger partial charge is 0.472 e. The average Bonchev–Trinajstić information content (AvgIpc) is 3.32. The Hall–Kier alpha value is -1.80. The fourth-order valence-corrected chi connectivity index (χ4v) is 9.25. The summed E-state index contributed by atoms with van der Waals surface area (Å²) in [6.07, 6.45) is 70.5. The first-order valence-electron chi connectivity index (χ1n) is 29.7. The molecule has 3 unspecified atom stereocenters. The molecule has 0 aliphatic rings. The lowest BCUT2D eigenvalue weighted by atomic mass is 10.0. The van der Waals surface area contributed by atoms with E-state index in [4.69, 9.17) is 9.05 Å². The van der Waals surface area contributed by atoms with Gasteiger partial charge in [-0.15, -0.1) is 0 Å². The highest BCUT2D eigenvalue weighted by molar-refractivity contribution is 7.47. The van der Waals surface area contributed by atoms with Crippen LogP contribution in [0.1, 0.15) is 271 Å². The van der Waals surface area contributed by atoms with Crippen LogP contribution in [0.2, 0.25) is 0 Å². The van der Waals surface area contributed by atoms with Crippen LogP contribution in [0.4, 0.5) is 0 Å². The predicted octanol–water partition coefficient (Wildman–Crippen LogP) is 18.1. The van der Waals surface area contributed by atoms with Gasteiger partial charge in [0.2, 0.25) is 5.91 Å². The van der Waals surface area contributed by atoms with Crippen LogP contribution in [-0.4, -0.2) is 73.4 Å². The lowest BCUT2D eigenvalue weighted by molar-refractivity contribution is -0.870. The Morgan fingerprint density at radius 3 is 1.23 bits per heavy atom. The first kappa shape index (κ1) is 68.2. The van der Waals surface area contributed by atoms with Crippen LogP contribution in [0.15, 0.2) is 60.8 Å². The molecule has 0 aliphatic carbocycles. The van der Waals surface area contributed by atoms with Crippen LogP contribution in [-0.2, 0) is 18.4 Å². The second-order valence-electron chi connectivity index (χ2n) is 21.3. The third-order valence-electron chi connectivity index (χ3n) is 13.2. The molecule has 0 saturated carbocycles. The van der Waals surface area contributed by atoms with Crippen molar-refractivity contribution < 1.29 is 32.9 Å². The lowest BCUT2D eigenvalue weighted by Crippen LogP contribution is -2.45. The first-order valence-corrected chi connectivity index (χ1v) is 31.2. The van der Waals surface area contributed by atoms with Crippen molar-refractivity contribution in [2.24, 2.45) is 0 Å². The fraction of sp³-hybridized carbons (Fsp3) is 0.820. The van der Waals surface area contributed by atoms with Crippen LogP contribution in [0.3, 0.4) is 0 Å². The van der Waals surface area contributed by atoms with Gasteiger partial charge < -0.3 is 19.8 Å². The third-order valence-corrected chi connectivity index (χ3v) is 14.2. The number of phosphoric acid groups is 1. The molecule has 1 amide bonds. The van der Waals surface area contributed by atoms with E-state index >= 15 is 0 Å². The number of nitrogens with zero attached hydrogens (tertiary/aromatic N) is 1. The Bertz CT molecular complexity index is 1320. The van der Waals surface area contributed by atoms with Crippen molar-refractivity contribution in [3.05, 3.63) is 60.8 Å². The molecule has 0 aliphatic heterocycles. The summed E-state index contributed by atoms with van der Waals surface area (Å²) in [5.74, 6) is -0.189. The van der Waals surface area contributed by atoms with Gasteiger partial charge in [-0.2, -0.15) is 0 Å². The monoisotopic (exact) mass is 1000 g/mol. The fourth-order valence-electron chi connectivity index (χ4n) is 8.52. The first-order chi connectivity index (χ1) is 34.0. The van der Waals surface area contributed by atoms with E-state index in [0.717, 1.165) is 51.4 Å². The number of carbonyl (C=O) groups is 1. The van der Waals surface area contributed by atoms with Gasteiger partial charge >= 0.3 is 7.82 Å². The predicted molar refractivity (Wildman–Crippen MR) is 304 cm³/mol. The highest BCUT2D eigenvalue weighted by Crippen LogP contribution is 2.43. The number of carbonyl (C=O) groups excluding carboxylic acids is 1. The van der Waals surface area contributed by atoms with E-state index in [1.807, 2.05) is 27.2 Å². The Morgan fingerprint density at radius 2 is 0.829 bits per heavy atom. The summed E-state index contributed by atoms with van der Waals surface area (Å²) >= 11 is 0. The molecule has 0 aromatic rings. The second kappa shape index (κ2) is 52.1. The van der Waals surface area contributed by atoms with Crippen molar-refractivity contribution in [2.75, 3.05) is 40.9 Å². The number of rotatable bonds is 54. The maximum atomic E-state index is 13.0. The van der Waals surface area contributed by atoms with Crippen molar-refractivity contribution in [1.29, 1.82) is 0 Å². The minimum atomic E-state index is -4.36. The van der Waals surface area contributed by atoms with Crippen molar-refractivity contribution >= 4 is 13.7 Å². The number of quaternary nitrogens is 1. The van der Waals surface area contributed by atoms with Gasteiger partial charge in [-0.25, -0.2) is 4.57 Å². The zero-order valence-electron chi connectivity index (χ0n) is 46.8. The Morgan fingerprint density at radius 1 is 0.486 bits per heavy atom. The summed E-state index contributed by atoms with van der Waals surface area (Å²) in [6.45, 7) is 4.79. The topological polar surface area (TPSA) is 105 Å². The van der Waals surface area contributed by atoms with Gasteiger partial charge in [0.1, 0.15) is 13.2 Å². The number of phosphoric ester groups is 1. The number of amides is 1. The van der Waals surface area contributed by atoms with E-state index in [1.165, 1.54) is 199 Å². The second-order valence-corrected chi connectivity index (χ2v) is 22.8. The van der Waals surface area contributed by atoms with Crippen LogP contribution in [0.5, 0.6) is 0 Å². The molecule has 3 N–H and O–H groups in total. The summed E-state index contributed by atoms with van der Waals surface area (Å²) < 4.78 is 23.7. The average molecular weight is 1000 g/mol. The summed E-state index contributed by atoms with van der Waals surface area (Å²) in [5, 5.41) is 13.9. The third kappa shape index (κ3) is 54.0. The summed E-state index contributed by atoms with van der Waals surface area (Å²) in [4.78, 5) is 23.3. The van der Waals surface area contributed by atoms with E-state index in [0.29, 0.717) is 17.4 Å². The zero-order valence-corrected chi connectivity index (χ0v) is 47.7. The number of aliphatic hydroxyl groups is 1. The van der Waals surface area contributed by atoms with Crippen LogP contribution in [0.25, 0.3) is 0 Å². The van der Waals surface area contributed by atoms with Gasteiger partial charge in [0.15, 0.2) is 0 Å². The molecule has 0 radical (unpaired) electrons. The number of unbranched alkanes of at least 4 members (excludes halogenated alkanes) is 33. The molecule has 70 heavy (non-hydrogen) atoms. The minimum Gasteiger partial charge on any atom is -0.387 e. The molecule has 0 spiro atoms. The summed E-state index contributed by atoms with van der Waals surface area (Å²) in [7, 11) is 1.55. The molecule has 0 aromatic carbocycles. The van der Waals surface area contributed by atoms with Gasteiger partial charge in [-0.1, -0.05) is 248 Å². The minimum absolute atomic E-state index is 0.0531. The van der Waals surface area contributed by atoms with Crippen LogP contribution < -0.4 is 5.32 Å². The van der Waals surface area contributed by atoms with E-state index in [2.05, 4.69) is 67.8 Å². The molecule has 8 nitrogen and oxygen atoms in total. The number of likely N-dealkylation sites (N-methyl/N-ethyl adjacent to an activating group) is 1. The molecular formula is C61H116N2O6P+. The molecule has 0 heterocycles. The molecule has 0 rings (SSSR count). The highest BCUT2D eigenvalue weighted by Gasteiger charge is 2.27. The number of hydrogen-bond donors (Lipinski definition) is 3. The van der Waals surface area contributed by atoms with Crippen molar-refractivity contribution in [2.45, 2.75) is 283 Å². The van der Waals surface area contributed by atoms with E-state index < -0.39 is 20.0 Å².